The van der Waals surface area contributed by atoms with Gasteiger partial charge in [-0.25, -0.2) is 0 Å². The average Bonchev–Trinajstić information content (AvgIpc) is 2.76. The molecule has 2 aromatic rings. The smallest absolute Gasteiger partial charge is 0.231 e. The SMILES string of the molecule is O=C(Nc1cc(-c2ccccn2)no1)C1CCC1. The molecule has 0 spiro atoms. The number of amides is 1. The third kappa shape index (κ3) is 2.11. The van der Waals surface area contributed by atoms with Gasteiger partial charge in [0, 0.05) is 18.2 Å². The van der Waals surface area contributed by atoms with Gasteiger partial charge in [-0.3, -0.25) is 15.1 Å². The molecule has 1 aliphatic carbocycles. The lowest BCUT2D eigenvalue weighted by Gasteiger charge is -2.23. The second-order valence-corrected chi connectivity index (χ2v) is 4.41. The molecule has 5 nitrogen and oxygen atoms in total. The molecule has 2 heterocycles. The zero-order chi connectivity index (χ0) is 12.4. The Balaban J connectivity index is 1.71. The van der Waals surface area contributed by atoms with E-state index in [-0.39, 0.29) is 11.8 Å². The van der Waals surface area contributed by atoms with Crippen LogP contribution in [0.15, 0.2) is 35.0 Å². The Kier molecular flexibility index (Phi) is 2.80. The number of nitrogens with zero attached hydrogens (tertiary/aromatic N) is 2. The average molecular weight is 243 g/mol. The fourth-order valence-corrected chi connectivity index (χ4v) is 1.86. The quantitative estimate of drug-likeness (QED) is 0.899. The van der Waals surface area contributed by atoms with Crippen LogP contribution in [0.3, 0.4) is 0 Å². The highest BCUT2D eigenvalue weighted by Gasteiger charge is 2.26. The first kappa shape index (κ1) is 11.0. The predicted octanol–water partition coefficient (Wildman–Crippen LogP) is 2.48. The van der Waals surface area contributed by atoms with Crippen LogP contribution in [0.4, 0.5) is 5.88 Å². The van der Waals surface area contributed by atoms with Gasteiger partial charge in [0.05, 0.1) is 5.69 Å². The fraction of sp³-hybridized carbons (Fsp3) is 0.308. The summed E-state index contributed by atoms with van der Waals surface area (Å²) in [5.41, 5.74) is 1.35. The maximum atomic E-state index is 11.7. The normalized spacial score (nSPS) is 15.1. The zero-order valence-electron chi connectivity index (χ0n) is 9.80. The van der Waals surface area contributed by atoms with Crippen LogP contribution in [0.2, 0.25) is 0 Å². The third-order valence-corrected chi connectivity index (χ3v) is 3.16. The number of aromatic nitrogens is 2. The van der Waals surface area contributed by atoms with Crippen LogP contribution in [-0.2, 0) is 4.79 Å². The van der Waals surface area contributed by atoms with Crippen molar-refractivity contribution < 1.29 is 9.32 Å². The van der Waals surface area contributed by atoms with Crippen LogP contribution in [-0.4, -0.2) is 16.0 Å². The summed E-state index contributed by atoms with van der Waals surface area (Å²) in [5, 5.41) is 6.63. The van der Waals surface area contributed by atoms with E-state index in [1.807, 2.05) is 18.2 Å². The van der Waals surface area contributed by atoms with Crippen molar-refractivity contribution in [3.63, 3.8) is 0 Å². The summed E-state index contributed by atoms with van der Waals surface area (Å²) in [4.78, 5) is 15.9. The molecule has 1 N–H and O–H groups in total. The van der Waals surface area contributed by atoms with E-state index in [2.05, 4.69) is 15.5 Å². The van der Waals surface area contributed by atoms with Crippen LogP contribution in [0.1, 0.15) is 19.3 Å². The molecule has 0 saturated heterocycles. The van der Waals surface area contributed by atoms with E-state index in [4.69, 9.17) is 4.52 Å². The van der Waals surface area contributed by atoms with E-state index >= 15 is 0 Å². The van der Waals surface area contributed by atoms with E-state index in [9.17, 15) is 4.79 Å². The maximum absolute atomic E-state index is 11.7. The van der Waals surface area contributed by atoms with Crippen LogP contribution in [0.5, 0.6) is 0 Å². The summed E-state index contributed by atoms with van der Waals surface area (Å²) in [7, 11) is 0. The van der Waals surface area contributed by atoms with E-state index < -0.39 is 0 Å². The first-order chi connectivity index (χ1) is 8.83. The minimum absolute atomic E-state index is 0.0185. The first-order valence-corrected chi connectivity index (χ1v) is 6.02. The molecule has 0 unspecified atom stereocenters. The van der Waals surface area contributed by atoms with Crippen molar-refractivity contribution in [2.45, 2.75) is 19.3 Å². The summed E-state index contributed by atoms with van der Waals surface area (Å²) in [6.45, 7) is 0. The Labute approximate surface area is 104 Å². The van der Waals surface area contributed by atoms with Crippen molar-refractivity contribution in [3.8, 4) is 11.4 Å². The first-order valence-electron chi connectivity index (χ1n) is 6.02. The van der Waals surface area contributed by atoms with Crippen molar-refractivity contribution in [2.75, 3.05) is 5.32 Å². The Morgan fingerprint density at radius 1 is 1.33 bits per heavy atom. The van der Waals surface area contributed by atoms with Crippen LogP contribution in [0.25, 0.3) is 11.4 Å². The fourth-order valence-electron chi connectivity index (χ4n) is 1.86. The number of carbonyl (C=O) groups excluding carboxylic acids is 1. The van der Waals surface area contributed by atoms with Crippen molar-refractivity contribution in [1.29, 1.82) is 0 Å². The molecule has 0 aliphatic heterocycles. The molecule has 18 heavy (non-hydrogen) atoms. The highest BCUT2D eigenvalue weighted by atomic mass is 16.5. The summed E-state index contributed by atoms with van der Waals surface area (Å²) in [6, 6.07) is 7.25. The van der Waals surface area contributed by atoms with Gasteiger partial charge in [0.25, 0.3) is 0 Å². The Bertz CT molecular complexity index is 546. The van der Waals surface area contributed by atoms with E-state index in [1.54, 1.807) is 12.3 Å². The predicted molar refractivity (Wildman–Crippen MR) is 65.7 cm³/mol. The van der Waals surface area contributed by atoms with Gasteiger partial charge < -0.3 is 4.52 Å². The molecule has 0 bridgehead atoms. The third-order valence-electron chi connectivity index (χ3n) is 3.16. The number of hydrogen-bond donors (Lipinski definition) is 1. The largest absolute Gasteiger partial charge is 0.338 e. The lowest BCUT2D eigenvalue weighted by molar-refractivity contribution is -0.122. The monoisotopic (exact) mass is 243 g/mol. The van der Waals surface area contributed by atoms with Gasteiger partial charge in [0.1, 0.15) is 5.69 Å². The van der Waals surface area contributed by atoms with E-state index in [0.717, 1.165) is 25.0 Å². The molecule has 2 aromatic heterocycles. The second-order valence-electron chi connectivity index (χ2n) is 4.41. The summed E-state index contributed by atoms with van der Waals surface area (Å²) in [5.74, 6) is 0.533. The number of anilines is 1. The molecule has 1 amide bonds. The molecule has 1 aliphatic rings. The molecule has 92 valence electrons. The number of pyridine rings is 1. The van der Waals surface area contributed by atoms with E-state index in [1.165, 1.54) is 0 Å². The van der Waals surface area contributed by atoms with Gasteiger partial charge in [-0.2, -0.15) is 0 Å². The number of nitrogens with one attached hydrogen (secondary N) is 1. The molecule has 3 rings (SSSR count). The van der Waals surface area contributed by atoms with Crippen molar-refractivity contribution in [3.05, 3.63) is 30.5 Å². The van der Waals surface area contributed by atoms with Crippen LogP contribution >= 0.6 is 0 Å². The lowest BCUT2D eigenvalue weighted by Crippen LogP contribution is -2.27. The second kappa shape index (κ2) is 4.60. The van der Waals surface area contributed by atoms with Crippen molar-refractivity contribution in [1.82, 2.24) is 10.1 Å². The summed E-state index contributed by atoms with van der Waals surface area (Å²) < 4.78 is 5.09. The topological polar surface area (TPSA) is 68.0 Å². The molecule has 5 heteroatoms. The number of hydrogen-bond acceptors (Lipinski definition) is 4. The van der Waals surface area contributed by atoms with Gasteiger partial charge in [-0.05, 0) is 25.0 Å². The Morgan fingerprint density at radius 2 is 2.22 bits per heavy atom. The molecule has 1 saturated carbocycles. The molecular weight excluding hydrogens is 230 g/mol. The molecule has 0 radical (unpaired) electrons. The van der Waals surface area contributed by atoms with Gasteiger partial charge >= 0.3 is 0 Å². The van der Waals surface area contributed by atoms with E-state index in [0.29, 0.717) is 11.6 Å². The Hall–Kier alpha value is -2.17. The zero-order valence-corrected chi connectivity index (χ0v) is 9.80. The van der Waals surface area contributed by atoms with Gasteiger partial charge in [-0.15, -0.1) is 0 Å². The minimum Gasteiger partial charge on any atom is -0.338 e. The highest BCUT2D eigenvalue weighted by molar-refractivity contribution is 5.92. The molecule has 1 fully saturated rings. The summed E-state index contributed by atoms with van der Waals surface area (Å²) >= 11 is 0. The number of rotatable bonds is 3. The summed E-state index contributed by atoms with van der Waals surface area (Å²) in [6.07, 6.45) is 4.75. The minimum atomic E-state index is 0.0185. The lowest BCUT2D eigenvalue weighted by atomic mass is 9.85. The number of carbonyl (C=O) groups is 1. The van der Waals surface area contributed by atoms with Gasteiger partial charge in [0.15, 0.2) is 0 Å². The Morgan fingerprint density at radius 3 is 2.89 bits per heavy atom. The van der Waals surface area contributed by atoms with Crippen molar-refractivity contribution in [2.24, 2.45) is 5.92 Å². The highest BCUT2D eigenvalue weighted by Crippen LogP contribution is 2.28. The standard InChI is InChI=1S/C13H13N3O2/c17-13(9-4-3-5-9)15-12-8-11(16-18-12)10-6-1-2-7-14-10/h1-2,6-9H,3-5H2,(H,15,17). The molecule has 0 aromatic carbocycles. The maximum Gasteiger partial charge on any atom is 0.231 e. The van der Waals surface area contributed by atoms with Gasteiger partial charge in [-0.1, -0.05) is 17.6 Å². The van der Waals surface area contributed by atoms with Crippen LogP contribution in [0, 0.1) is 5.92 Å². The molecule has 0 atom stereocenters. The van der Waals surface area contributed by atoms with Gasteiger partial charge in [0.2, 0.25) is 11.8 Å². The van der Waals surface area contributed by atoms with Crippen LogP contribution < -0.4 is 5.32 Å². The molecular formula is C13H13N3O2. The van der Waals surface area contributed by atoms with Crippen molar-refractivity contribution >= 4 is 11.8 Å².